The first-order chi connectivity index (χ1) is 7.65. The maximum Gasteiger partial charge on any atom is 0.237 e. The molecule has 92 valence electrons. The molecule has 16 heavy (non-hydrogen) atoms. The summed E-state index contributed by atoms with van der Waals surface area (Å²) in [7, 11) is 0. The van der Waals surface area contributed by atoms with E-state index >= 15 is 0 Å². The number of carbonyl (C=O) groups excluding carboxylic acids is 1. The van der Waals surface area contributed by atoms with Gasteiger partial charge in [0.15, 0.2) is 0 Å². The summed E-state index contributed by atoms with van der Waals surface area (Å²) in [4.78, 5) is 11.9. The molecule has 1 unspecified atom stereocenters. The second-order valence-corrected chi connectivity index (χ2v) is 5.65. The zero-order valence-corrected chi connectivity index (χ0v) is 10.5. The number of rotatable bonds is 4. The Kier molecular flexibility index (Phi) is 3.85. The summed E-state index contributed by atoms with van der Waals surface area (Å²) < 4.78 is 0. The number of hydrogen-bond acceptors (Lipinski definition) is 2. The predicted molar refractivity (Wildman–Crippen MR) is 65.2 cm³/mol. The number of carbonyl (C=O) groups is 1. The smallest absolute Gasteiger partial charge is 0.237 e. The Balaban J connectivity index is 1.67. The van der Waals surface area contributed by atoms with E-state index in [1.165, 1.54) is 38.5 Å². The van der Waals surface area contributed by atoms with Crippen LogP contribution in [0.2, 0.25) is 0 Å². The van der Waals surface area contributed by atoms with Crippen LogP contribution in [0, 0.1) is 5.92 Å². The average Bonchev–Trinajstić information content (AvgIpc) is 2.68. The van der Waals surface area contributed by atoms with Crippen molar-refractivity contribution in [3.63, 3.8) is 0 Å². The summed E-state index contributed by atoms with van der Waals surface area (Å²) in [5.41, 5.74) is 0. The van der Waals surface area contributed by atoms with Gasteiger partial charge in [0.2, 0.25) is 5.91 Å². The maximum absolute atomic E-state index is 11.9. The predicted octanol–water partition coefficient (Wildman–Crippen LogP) is 1.82. The maximum atomic E-state index is 11.9. The third-order valence-electron chi connectivity index (χ3n) is 3.95. The second kappa shape index (κ2) is 5.17. The zero-order valence-electron chi connectivity index (χ0n) is 10.5. The molecule has 2 rings (SSSR count). The molecule has 0 bridgehead atoms. The molecule has 0 aromatic heterocycles. The van der Waals surface area contributed by atoms with Gasteiger partial charge in [-0.3, -0.25) is 4.79 Å². The monoisotopic (exact) mass is 224 g/mol. The quantitative estimate of drug-likeness (QED) is 0.765. The van der Waals surface area contributed by atoms with Gasteiger partial charge < -0.3 is 10.6 Å². The van der Waals surface area contributed by atoms with E-state index in [1.54, 1.807) is 0 Å². The molecule has 0 aromatic carbocycles. The minimum absolute atomic E-state index is 0.0295. The van der Waals surface area contributed by atoms with Crippen molar-refractivity contribution in [2.24, 2.45) is 5.92 Å². The highest BCUT2D eigenvalue weighted by Gasteiger charge is 2.28. The summed E-state index contributed by atoms with van der Waals surface area (Å²) in [6.45, 7) is 4.24. The normalized spacial score (nSPS) is 32.1. The minimum atomic E-state index is -0.0295. The summed E-state index contributed by atoms with van der Waals surface area (Å²) in [5.74, 6) is 1.02. The van der Waals surface area contributed by atoms with E-state index in [1.807, 2.05) is 6.92 Å². The van der Waals surface area contributed by atoms with Crippen LogP contribution in [0.15, 0.2) is 0 Å². The standard InChI is InChI=1S/C13H24N2O/c1-9-7-12(8-9)14-10(2)13(16)15-11-5-3-4-6-11/h9-12,14H,3-8H2,1-2H3,(H,15,16). The lowest BCUT2D eigenvalue weighted by molar-refractivity contribution is -0.123. The molecule has 2 aliphatic rings. The SMILES string of the molecule is CC1CC(NC(C)C(=O)NC2CCCC2)C1. The topological polar surface area (TPSA) is 41.1 Å². The van der Waals surface area contributed by atoms with E-state index in [0.717, 1.165) is 5.92 Å². The Morgan fingerprint density at radius 1 is 1.19 bits per heavy atom. The fourth-order valence-electron chi connectivity index (χ4n) is 2.86. The zero-order chi connectivity index (χ0) is 11.5. The summed E-state index contributed by atoms with van der Waals surface area (Å²) in [5, 5.41) is 6.55. The summed E-state index contributed by atoms with van der Waals surface area (Å²) >= 11 is 0. The number of amides is 1. The van der Waals surface area contributed by atoms with Crippen molar-refractivity contribution >= 4 is 5.91 Å². The van der Waals surface area contributed by atoms with E-state index in [2.05, 4.69) is 17.6 Å². The molecule has 2 N–H and O–H groups in total. The van der Waals surface area contributed by atoms with Crippen molar-refractivity contribution in [2.75, 3.05) is 0 Å². The lowest BCUT2D eigenvalue weighted by atomic mass is 9.81. The molecule has 0 aromatic rings. The summed E-state index contributed by atoms with van der Waals surface area (Å²) in [6, 6.07) is 0.981. The Morgan fingerprint density at radius 2 is 1.81 bits per heavy atom. The molecule has 2 aliphatic carbocycles. The highest BCUT2D eigenvalue weighted by atomic mass is 16.2. The van der Waals surface area contributed by atoms with Crippen LogP contribution in [0.5, 0.6) is 0 Å². The number of hydrogen-bond donors (Lipinski definition) is 2. The third kappa shape index (κ3) is 2.97. The molecule has 0 radical (unpaired) electrons. The van der Waals surface area contributed by atoms with Crippen molar-refractivity contribution in [1.82, 2.24) is 10.6 Å². The van der Waals surface area contributed by atoms with Crippen LogP contribution >= 0.6 is 0 Å². The van der Waals surface area contributed by atoms with Gasteiger partial charge in [-0.25, -0.2) is 0 Å². The van der Waals surface area contributed by atoms with Crippen molar-refractivity contribution in [2.45, 2.75) is 70.5 Å². The molecule has 0 heterocycles. The molecular weight excluding hydrogens is 200 g/mol. The molecule has 1 amide bonds. The lowest BCUT2D eigenvalue weighted by Gasteiger charge is -2.35. The Morgan fingerprint density at radius 3 is 2.38 bits per heavy atom. The van der Waals surface area contributed by atoms with Gasteiger partial charge in [0.05, 0.1) is 6.04 Å². The highest BCUT2D eigenvalue weighted by Crippen LogP contribution is 2.26. The first kappa shape index (κ1) is 11.9. The van der Waals surface area contributed by atoms with Gasteiger partial charge in [0, 0.05) is 12.1 Å². The molecule has 0 aliphatic heterocycles. The molecule has 3 nitrogen and oxygen atoms in total. The second-order valence-electron chi connectivity index (χ2n) is 5.65. The van der Waals surface area contributed by atoms with Crippen LogP contribution in [0.3, 0.4) is 0 Å². The third-order valence-corrected chi connectivity index (χ3v) is 3.95. The molecule has 2 fully saturated rings. The van der Waals surface area contributed by atoms with Crippen molar-refractivity contribution < 1.29 is 4.79 Å². The Hall–Kier alpha value is -0.570. The van der Waals surface area contributed by atoms with Gasteiger partial charge in [0.1, 0.15) is 0 Å². The van der Waals surface area contributed by atoms with Crippen LogP contribution in [-0.2, 0) is 4.79 Å². The first-order valence-electron chi connectivity index (χ1n) is 6.71. The summed E-state index contributed by atoms with van der Waals surface area (Å²) in [6.07, 6.45) is 7.32. The van der Waals surface area contributed by atoms with Gasteiger partial charge in [-0.15, -0.1) is 0 Å². The average molecular weight is 224 g/mol. The van der Waals surface area contributed by atoms with Gasteiger partial charge >= 0.3 is 0 Å². The Bertz CT molecular complexity index is 242. The van der Waals surface area contributed by atoms with E-state index < -0.39 is 0 Å². The van der Waals surface area contributed by atoms with Crippen LogP contribution in [-0.4, -0.2) is 24.0 Å². The van der Waals surface area contributed by atoms with Crippen LogP contribution in [0.25, 0.3) is 0 Å². The number of nitrogens with one attached hydrogen (secondary N) is 2. The first-order valence-corrected chi connectivity index (χ1v) is 6.71. The fourth-order valence-corrected chi connectivity index (χ4v) is 2.86. The van der Waals surface area contributed by atoms with Crippen LogP contribution in [0.4, 0.5) is 0 Å². The molecule has 3 heteroatoms. The highest BCUT2D eigenvalue weighted by molar-refractivity contribution is 5.81. The van der Waals surface area contributed by atoms with E-state index in [-0.39, 0.29) is 11.9 Å². The van der Waals surface area contributed by atoms with E-state index in [9.17, 15) is 4.79 Å². The van der Waals surface area contributed by atoms with Gasteiger partial charge in [-0.2, -0.15) is 0 Å². The largest absolute Gasteiger partial charge is 0.352 e. The van der Waals surface area contributed by atoms with Crippen LogP contribution < -0.4 is 10.6 Å². The molecule has 0 saturated heterocycles. The van der Waals surface area contributed by atoms with Crippen LogP contribution in [0.1, 0.15) is 52.4 Å². The van der Waals surface area contributed by atoms with E-state index in [4.69, 9.17) is 0 Å². The molecule has 0 spiro atoms. The van der Waals surface area contributed by atoms with Gasteiger partial charge in [0.25, 0.3) is 0 Å². The minimum Gasteiger partial charge on any atom is -0.352 e. The molecular formula is C13H24N2O. The van der Waals surface area contributed by atoms with Gasteiger partial charge in [-0.05, 0) is 38.5 Å². The van der Waals surface area contributed by atoms with Gasteiger partial charge in [-0.1, -0.05) is 19.8 Å². The Labute approximate surface area is 98.4 Å². The van der Waals surface area contributed by atoms with Crippen molar-refractivity contribution in [1.29, 1.82) is 0 Å². The fraction of sp³-hybridized carbons (Fsp3) is 0.923. The van der Waals surface area contributed by atoms with E-state index in [0.29, 0.717) is 12.1 Å². The molecule has 1 atom stereocenters. The van der Waals surface area contributed by atoms with Crippen molar-refractivity contribution in [3.8, 4) is 0 Å². The molecule has 2 saturated carbocycles. The van der Waals surface area contributed by atoms with Crippen molar-refractivity contribution in [3.05, 3.63) is 0 Å². The lowest BCUT2D eigenvalue weighted by Crippen LogP contribution is -2.52.